The van der Waals surface area contributed by atoms with Crippen molar-refractivity contribution in [2.75, 3.05) is 0 Å². The van der Waals surface area contributed by atoms with Crippen LogP contribution in [0.4, 0.5) is 0 Å². The summed E-state index contributed by atoms with van der Waals surface area (Å²) in [7, 11) is 0. The van der Waals surface area contributed by atoms with E-state index in [1.807, 2.05) is 0 Å². The number of hydrogen-bond donors (Lipinski definition) is 0. The lowest BCUT2D eigenvalue weighted by Crippen LogP contribution is -1.93. The first kappa shape index (κ1) is 19.8. The maximum absolute atomic E-state index is 2.36. The Bertz CT molecular complexity index is 1770. The van der Waals surface area contributed by atoms with Gasteiger partial charge >= 0.3 is 0 Å². The van der Waals surface area contributed by atoms with Crippen LogP contribution in [-0.2, 0) is 0 Å². The Hall–Kier alpha value is -4.62. The van der Waals surface area contributed by atoms with Gasteiger partial charge in [0.2, 0.25) is 0 Å². The zero-order chi connectivity index (χ0) is 23.2. The summed E-state index contributed by atoms with van der Waals surface area (Å²) in [6.45, 7) is 0. The molecule has 35 heavy (non-hydrogen) atoms. The average Bonchev–Trinajstić information content (AvgIpc) is 3.27. The van der Waals surface area contributed by atoms with Gasteiger partial charge in [0.05, 0.1) is 11.0 Å². The largest absolute Gasteiger partial charge is 0.309 e. The molecule has 0 unspecified atom stereocenters. The monoisotopic (exact) mass is 445 g/mol. The predicted octanol–water partition coefficient (Wildman–Crippen LogP) is 9.27. The number of benzene rings is 6. The third-order valence-electron chi connectivity index (χ3n) is 6.99. The van der Waals surface area contributed by atoms with Crippen LogP contribution in [0.1, 0.15) is 0 Å². The molecule has 0 spiro atoms. The smallest absolute Gasteiger partial charge is 0.0541 e. The van der Waals surface area contributed by atoms with Crippen molar-refractivity contribution in [2.24, 2.45) is 0 Å². The van der Waals surface area contributed by atoms with Crippen LogP contribution < -0.4 is 0 Å². The van der Waals surface area contributed by atoms with Crippen LogP contribution in [0.25, 0.3) is 60.5 Å². The van der Waals surface area contributed by atoms with Gasteiger partial charge in [0, 0.05) is 16.5 Å². The number of nitrogens with zero attached hydrogens (tertiary/aromatic N) is 1. The highest BCUT2D eigenvalue weighted by Gasteiger charge is 2.11. The first-order chi connectivity index (χ1) is 17.3. The Morgan fingerprint density at radius 2 is 0.800 bits per heavy atom. The quantitative estimate of drug-likeness (QED) is 0.255. The van der Waals surface area contributed by atoms with Gasteiger partial charge < -0.3 is 4.57 Å². The second kappa shape index (κ2) is 8.00. The van der Waals surface area contributed by atoms with E-state index in [-0.39, 0.29) is 0 Å². The molecule has 164 valence electrons. The highest BCUT2D eigenvalue weighted by molar-refractivity contribution is 6.09. The molecule has 0 radical (unpaired) electrons. The summed E-state index contributed by atoms with van der Waals surface area (Å²) in [6.07, 6.45) is 0. The van der Waals surface area contributed by atoms with Crippen molar-refractivity contribution in [3.05, 3.63) is 140 Å². The third kappa shape index (κ3) is 3.33. The van der Waals surface area contributed by atoms with Crippen LogP contribution in [0.2, 0.25) is 0 Å². The fourth-order valence-corrected chi connectivity index (χ4v) is 5.24. The third-order valence-corrected chi connectivity index (χ3v) is 6.99. The van der Waals surface area contributed by atoms with Gasteiger partial charge in [-0.1, -0.05) is 103 Å². The van der Waals surface area contributed by atoms with E-state index in [1.165, 1.54) is 60.5 Å². The number of para-hydroxylation sites is 2. The van der Waals surface area contributed by atoms with Crippen molar-refractivity contribution < 1.29 is 0 Å². The zero-order valence-electron chi connectivity index (χ0n) is 19.2. The van der Waals surface area contributed by atoms with Crippen LogP contribution in [0.3, 0.4) is 0 Å². The molecule has 0 atom stereocenters. The first-order valence-corrected chi connectivity index (χ1v) is 12.0. The second-order valence-corrected chi connectivity index (χ2v) is 9.06. The molecule has 0 bridgehead atoms. The molecule has 1 aromatic heterocycles. The van der Waals surface area contributed by atoms with Crippen molar-refractivity contribution >= 4 is 32.6 Å². The van der Waals surface area contributed by atoms with E-state index in [0.717, 1.165) is 0 Å². The molecule has 7 aromatic rings. The van der Waals surface area contributed by atoms with Gasteiger partial charge in [0.15, 0.2) is 0 Å². The maximum Gasteiger partial charge on any atom is 0.0541 e. The van der Waals surface area contributed by atoms with E-state index in [4.69, 9.17) is 0 Å². The van der Waals surface area contributed by atoms with Crippen LogP contribution >= 0.6 is 0 Å². The molecule has 6 aromatic carbocycles. The molecule has 0 amide bonds. The highest BCUT2D eigenvalue weighted by Crippen LogP contribution is 2.33. The van der Waals surface area contributed by atoms with Gasteiger partial charge in [-0.25, -0.2) is 0 Å². The molecule has 0 aliphatic rings. The first-order valence-electron chi connectivity index (χ1n) is 12.0. The van der Waals surface area contributed by atoms with Gasteiger partial charge in [-0.15, -0.1) is 0 Å². The fourth-order valence-electron chi connectivity index (χ4n) is 5.24. The maximum atomic E-state index is 2.36. The standard InChI is InChI=1S/C34H23N/c1-2-8-24(9-3-1)26-14-16-29-23-27(15-17-28(29)22-26)25-18-20-30(21-19-25)35-33-12-6-4-10-31(33)32-11-5-7-13-34(32)35/h1-23H. The van der Waals surface area contributed by atoms with E-state index in [0.29, 0.717) is 0 Å². The van der Waals surface area contributed by atoms with E-state index >= 15 is 0 Å². The molecule has 1 heterocycles. The SMILES string of the molecule is c1ccc(-c2ccc3cc(-c4ccc(-n5c6ccccc6c6ccccc65)cc4)ccc3c2)cc1. The molecule has 1 heteroatoms. The molecule has 0 N–H and O–H groups in total. The molecule has 0 saturated heterocycles. The van der Waals surface area contributed by atoms with Gasteiger partial charge in [-0.05, 0) is 69.4 Å². The fraction of sp³-hybridized carbons (Fsp3) is 0. The highest BCUT2D eigenvalue weighted by atomic mass is 15.0. The molecule has 1 nitrogen and oxygen atoms in total. The summed E-state index contributed by atoms with van der Waals surface area (Å²) in [5.41, 5.74) is 8.62. The van der Waals surface area contributed by atoms with Crippen molar-refractivity contribution in [3.8, 4) is 27.9 Å². The van der Waals surface area contributed by atoms with Gasteiger partial charge in [0.1, 0.15) is 0 Å². The van der Waals surface area contributed by atoms with E-state index in [2.05, 4.69) is 144 Å². The lowest BCUT2D eigenvalue weighted by atomic mass is 9.97. The minimum atomic E-state index is 1.18. The summed E-state index contributed by atoms with van der Waals surface area (Å²) >= 11 is 0. The van der Waals surface area contributed by atoms with Crippen molar-refractivity contribution in [1.29, 1.82) is 0 Å². The van der Waals surface area contributed by atoms with Crippen molar-refractivity contribution in [1.82, 2.24) is 4.57 Å². The molecule has 7 rings (SSSR count). The van der Waals surface area contributed by atoms with Gasteiger partial charge in [-0.2, -0.15) is 0 Å². The summed E-state index contributed by atoms with van der Waals surface area (Å²) in [5.74, 6) is 0. The summed E-state index contributed by atoms with van der Waals surface area (Å²) in [6, 6.07) is 50.3. The Kier molecular flexibility index (Phi) is 4.53. The lowest BCUT2D eigenvalue weighted by molar-refractivity contribution is 1.18. The van der Waals surface area contributed by atoms with Crippen LogP contribution in [0, 0.1) is 0 Å². The number of rotatable bonds is 3. The summed E-state index contributed by atoms with van der Waals surface area (Å²) in [4.78, 5) is 0. The average molecular weight is 446 g/mol. The topological polar surface area (TPSA) is 4.93 Å². The Balaban J connectivity index is 1.28. The zero-order valence-corrected chi connectivity index (χ0v) is 19.2. The second-order valence-electron chi connectivity index (χ2n) is 9.06. The summed E-state index contributed by atoms with van der Waals surface area (Å²) in [5, 5.41) is 5.10. The van der Waals surface area contributed by atoms with E-state index < -0.39 is 0 Å². The minimum absolute atomic E-state index is 1.18. The molecule has 0 fully saturated rings. The Morgan fingerprint density at radius 3 is 1.37 bits per heavy atom. The molecule has 0 aliphatic heterocycles. The van der Waals surface area contributed by atoms with Crippen LogP contribution in [0.5, 0.6) is 0 Å². The van der Waals surface area contributed by atoms with Crippen LogP contribution in [0.15, 0.2) is 140 Å². The van der Waals surface area contributed by atoms with Crippen LogP contribution in [-0.4, -0.2) is 4.57 Å². The van der Waals surface area contributed by atoms with Gasteiger partial charge in [0.25, 0.3) is 0 Å². The number of hydrogen-bond acceptors (Lipinski definition) is 0. The minimum Gasteiger partial charge on any atom is -0.309 e. The molecular formula is C34H23N. The molecule has 0 aliphatic carbocycles. The Morgan fingerprint density at radius 1 is 0.343 bits per heavy atom. The van der Waals surface area contributed by atoms with Crippen molar-refractivity contribution in [3.63, 3.8) is 0 Å². The number of fused-ring (bicyclic) bond motifs is 4. The van der Waals surface area contributed by atoms with E-state index in [1.54, 1.807) is 0 Å². The molecular weight excluding hydrogens is 422 g/mol. The van der Waals surface area contributed by atoms with E-state index in [9.17, 15) is 0 Å². The summed E-state index contributed by atoms with van der Waals surface area (Å²) < 4.78 is 2.36. The Labute approximate surface area is 204 Å². The normalized spacial score (nSPS) is 11.4. The molecule has 0 saturated carbocycles. The number of aromatic nitrogens is 1. The predicted molar refractivity (Wildman–Crippen MR) is 149 cm³/mol. The van der Waals surface area contributed by atoms with Crippen molar-refractivity contribution in [2.45, 2.75) is 0 Å². The van der Waals surface area contributed by atoms with Gasteiger partial charge in [-0.3, -0.25) is 0 Å². The lowest BCUT2D eigenvalue weighted by Gasteiger charge is -2.10.